The third-order valence-corrected chi connectivity index (χ3v) is 3.16. The molecule has 0 saturated heterocycles. The zero-order valence-corrected chi connectivity index (χ0v) is 11.5. The summed E-state index contributed by atoms with van der Waals surface area (Å²) < 4.78 is 39.4. The quantitative estimate of drug-likeness (QED) is 0.834. The number of nitrogens with one attached hydrogen (secondary N) is 1. The Morgan fingerprint density at radius 3 is 2.32 bits per heavy atom. The highest BCUT2D eigenvalue weighted by atomic mass is 19.2. The first kappa shape index (κ1) is 16.0. The van der Waals surface area contributed by atoms with Crippen LogP contribution < -0.4 is 5.32 Å². The van der Waals surface area contributed by atoms with Gasteiger partial charge in [0.1, 0.15) is 5.82 Å². The molecule has 0 aromatic heterocycles. The molecule has 0 aliphatic carbocycles. The molecule has 0 aliphatic heterocycles. The molecule has 116 valence electrons. The summed E-state index contributed by atoms with van der Waals surface area (Å²) in [6.07, 6.45) is -0.452. The number of hydrogen-bond donors (Lipinski definition) is 2. The summed E-state index contributed by atoms with van der Waals surface area (Å²) in [5.41, 5.74) is 0.435. The van der Waals surface area contributed by atoms with Gasteiger partial charge in [-0.25, -0.2) is 13.2 Å². The van der Waals surface area contributed by atoms with E-state index < -0.39 is 35.8 Å². The number of amides is 1. The Bertz CT molecular complexity index is 662. The van der Waals surface area contributed by atoms with Gasteiger partial charge in [-0.3, -0.25) is 4.79 Å². The van der Waals surface area contributed by atoms with Gasteiger partial charge in [-0.15, -0.1) is 0 Å². The van der Waals surface area contributed by atoms with Crippen molar-refractivity contribution in [1.29, 1.82) is 0 Å². The van der Waals surface area contributed by atoms with Crippen LogP contribution in [-0.2, 0) is 11.2 Å². The van der Waals surface area contributed by atoms with Gasteiger partial charge in [-0.1, -0.05) is 30.3 Å². The van der Waals surface area contributed by atoms with Crippen LogP contribution in [-0.4, -0.2) is 17.6 Å². The molecule has 2 aromatic carbocycles. The van der Waals surface area contributed by atoms with Crippen LogP contribution in [0.5, 0.6) is 0 Å². The van der Waals surface area contributed by atoms with Gasteiger partial charge in [0.05, 0.1) is 19.1 Å². The SMILES string of the molecule is O=C(Cc1cc(F)c(F)cc1F)NC(CO)c1ccccc1. The molecule has 2 N–H and O–H groups in total. The topological polar surface area (TPSA) is 49.3 Å². The van der Waals surface area contributed by atoms with E-state index in [0.717, 1.165) is 0 Å². The van der Waals surface area contributed by atoms with Gasteiger partial charge < -0.3 is 10.4 Å². The molecular formula is C16H14F3NO2. The maximum absolute atomic E-state index is 13.5. The van der Waals surface area contributed by atoms with E-state index in [0.29, 0.717) is 17.7 Å². The Morgan fingerprint density at radius 2 is 1.68 bits per heavy atom. The van der Waals surface area contributed by atoms with Crippen molar-refractivity contribution in [2.75, 3.05) is 6.61 Å². The summed E-state index contributed by atoms with van der Waals surface area (Å²) in [5.74, 6) is -4.12. The minimum atomic E-state index is -1.31. The molecule has 6 heteroatoms. The van der Waals surface area contributed by atoms with Crippen molar-refractivity contribution >= 4 is 5.91 Å². The minimum absolute atomic E-state index is 0.249. The second kappa shape index (κ2) is 7.09. The molecule has 3 nitrogen and oxygen atoms in total. The molecular weight excluding hydrogens is 295 g/mol. The summed E-state index contributed by atoms with van der Waals surface area (Å²) in [6, 6.07) is 9.13. The lowest BCUT2D eigenvalue weighted by Gasteiger charge is -2.17. The lowest BCUT2D eigenvalue weighted by Crippen LogP contribution is -2.32. The average molecular weight is 309 g/mol. The van der Waals surface area contributed by atoms with Gasteiger partial charge in [0.25, 0.3) is 0 Å². The molecule has 1 atom stereocenters. The van der Waals surface area contributed by atoms with E-state index in [1.54, 1.807) is 30.3 Å². The molecule has 1 amide bonds. The number of aliphatic hydroxyl groups excluding tert-OH is 1. The highest BCUT2D eigenvalue weighted by Gasteiger charge is 2.17. The predicted octanol–water partition coefficient (Wildman–Crippen LogP) is 2.50. The molecule has 0 saturated carbocycles. The number of carbonyl (C=O) groups is 1. The lowest BCUT2D eigenvalue weighted by molar-refractivity contribution is -0.121. The number of carbonyl (C=O) groups excluding carboxylic acids is 1. The molecule has 0 radical (unpaired) electrons. The fourth-order valence-electron chi connectivity index (χ4n) is 2.04. The highest BCUT2D eigenvalue weighted by Crippen LogP contribution is 2.16. The highest BCUT2D eigenvalue weighted by molar-refractivity contribution is 5.79. The van der Waals surface area contributed by atoms with Crippen LogP contribution in [0, 0.1) is 17.5 Å². The van der Waals surface area contributed by atoms with E-state index in [2.05, 4.69) is 5.32 Å². The smallest absolute Gasteiger partial charge is 0.225 e. The van der Waals surface area contributed by atoms with Gasteiger partial charge >= 0.3 is 0 Å². The number of benzene rings is 2. The van der Waals surface area contributed by atoms with Gasteiger partial charge in [0.15, 0.2) is 11.6 Å². The Hall–Kier alpha value is -2.34. The fraction of sp³-hybridized carbons (Fsp3) is 0.188. The van der Waals surface area contributed by atoms with Gasteiger partial charge in [0, 0.05) is 11.6 Å². The Labute approximate surface area is 125 Å². The number of aliphatic hydroxyl groups is 1. The zero-order valence-electron chi connectivity index (χ0n) is 11.5. The summed E-state index contributed by atoms with van der Waals surface area (Å²) in [4.78, 5) is 11.9. The summed E-state index contributed by atoms with van der Waals surface area (Å²) >= 11 is 0. The Kier molecular flexibility index (Phi) is 5.16. The molecule has 22 heavy (non-hydrogen) atoms. The third-order valence-electron chi connectivity index (χ3n) is 3.16. The summed E-state index contributed by atoms with van der Waals surface area (Å²) in [6.45, 7) is -0.337. The van der Waals surface area contributed by atoms with Crippen LogP contribution in [0.2, 0.25) is 0 Å². The van der Waals surface area contributed by atoms with Crippen molar-refractivity contribution in [1.82, 2.24) is 5.32 Å². The third kappa shape index (κ3) is 3.85. The molecule has 1 unspecified atom stereocenters. The molecule has 0 fully saturated rings. The molecule has 0 bridgehead atoms. The summed E-state index contributed by atoms with van der Waals surface area (Å²) in [7, 11) is 0. The number of rotatable bonds is 5. The van der Waals surface area contributed by atoms with Crippen LogP contribution in [0.1, 0.15) is 17.2 Å². The molecule has 0 aliphatic rings. The first-order chi connectivity index (χ1) is 10.5. The maximum Gasteiger partial charge on any atom is 0.225 e. The van der Waals surface area contributed by atoms with Crippen LogP contribution in [0.15, 0.2) is 42.5 Å². The zero-order chi connectivity index (χ0) is 16.1. The summed E-state index contributed by atoms with van der Waals surface area (Å²) in [5, 5.41) is 11.9. The van der Waals surface area contributed by atoms with Crippen LogP contribution in [0.25, 0.3) is 0 Å². The standard InChI is InChI=1S/C16H14F3NO2/c17-12-8-14(19)13(18)6-11(12)7-16(22)20-15(9-21)10-4-2-1-3-5-10/h1-6,8,15,21H,7,9H2,(H,20,22). The van der Waals surface area contributed by atoms with Crippen LogP contribution >= 0.6 is 0 Å². The molecule has 2 aromatic rings. The van der Waals surface area contributed by atoms with E-state index in [1.807, 2.05) is 0 Å². The van der Waals surface area contributed by atoms with E-state index in [1.165, 1.54) is 0 Å². The second-order valence-electron chi connectivity index (χ2n) is 4.75. The van der Waals surface area contributed by atoms with E-state index in [-0.39, 0.29) is 12.2 Å². The Morgan fingerprint density at radius 1 is 1.05 bits per heavy atom. The van der Waals surface area contributed by atoms with Crippen LogP contribution in [0.4, 0.5) is 13.2 Å². The molecule has 2 rings (SSSR count). The molecule has 0 spiro atoms. The molecule has 0 heterocycles. The van der Waals surface area contributed by atoms with Crippen molar-refractivity contribution in [3.63, 3.8) is 0 Å². The van der Waals surface area contributed by atoms with Crippen molar-refractivity contribution in [2.45, 2.75) is 12.5 Å². The van der Waals surface area contributed by atoms with Gasteiger partial charge in [-0.2, -0.15) is 0 Å². The van der Waals surface area contributed by atoms with Crippen molar-refractivity contribution in [3.05, 3.63) is 71.0 Å². The van der Waals surface area contributed by atoms with E-state index >= 15 is 0 Å². The number of halogens is 3. The van der Waals surface area contributed by atoms with Gasteiger partial charge in [0.2, 0.25) is 5.91 Å². The lowest BCUT2D eigenvalue weighted by atomic mass is 10.1. The van der Waals surface area contributed by atoms with E-state index in [4.69, 9.17) is 0 Å². The average Bonchev–Trinajstić information content (AvgIpc) is 2.51. The monoisotopic (exact) mass is 309 g/mol. The maximum atomic E-state index is 13.5. The van der Waals surface area contributed by atoms with Crippen molar-refractivity contribution in [2.24, 2.45) is 0 Å². The first-order valence-corrected chi connectivity index (χ1v) is 6.60. The number of hydrogen-bond acceptors (Lipinski definition) is 2. The largest absolute Gasteiger partial charge is 0.394 e. The second-order valence-corrected chi connectivity index (χ2v) is 4.75. The first-order valence-electron chi connectivity index (χ1n) is 6.60. The normalized spacial score (nSPS) is 12.0. The van der Waals surface area contributed by atoms with Crippen molar-refractivity contribution < 1.29 is 23.1 Å². The van der Waals surface area contributed by atoms with Gasteiger partial charge in [-0.05, 0) is 11.6 Å². The predicted molar refractivity (Wildman–Crippen MR) is 74.4 cm³/mol. The van der Waals surface area contributed by atoms with Crippen LogP contribution in [0.3, 0.4) is 0 Å². The fourth-order valence-corrected chi connectivity index (χ4v) is 2.04. The van der Waals surface area contributed by atoms with E-state index in [9.17, 15) is 23.1 Å². The minimum Gasteiger partial charge on any atom is -0.394 e. The Balaban J connectivity index is 2.08. The van der Waals surface area contributed by atoms with Crippen molar-refractivity contribution in [3.8, 4) is 0 Å².